The standard InChI is InChI=1S/C16H15NO.C8H7N3S/c1-3-17-15-7-5-4-6-13(15)14-10-12(11(2)18)8-9-16(14)17;9-8-11-10-7(12-8)6-4-2-1-3-5-6/h4-10H,3H2,1-2H3;1-5H,(H2,9,11). The van der Waals surface area contributed by atoms with Crippen molar-refractivity contribution >= 4 is 44.1 Å². The summed E-state index contributed by atoms with van der Waals surface area (Å²) in [6, 6.07) is 24.2. The lowest BCUT2D eigenvalue weighted by Crippen LogP contribution is -1.94. The first kappa shape index (κ1) is 19.8. The zero-order valence-corrected chi connectivity index (χ0v) is 17.7. The molecule has 0 radical (unpaired) electrons. The number of carbonyl (C=O) groups excluding carboxylic acids is 1. The number of hydrogen-bond acceptors (Lipinski definition) is 5. The predicted molar refractivity (Wildman–Crippen MR) is 125 cm³/mol. The molecule has 2 heterocycles. The van der Waals surface area contributed by atoms with Crippen LogP contribution in [-0.4, -0.2) is 20.5 Å². The van der Waals surface area contributed by atoms with Crippen molar-refractivity contribution in [3.63, 3.8) is 0 Å². The monoisotopic (exact) mass is 414 g/mol. The summed E-state index contributed by atoms with van der Waals surface area (Å²) in [6.07, 6.45) is 0. The number of rotatable bonds is 3. The average molecular weight is 415 g/mol. The molecule has 2 N–H and O–H groups in total. The van der Waals surface area contributed by atoms with Crippen molar-refractivity contribution in [1.29, 1.82) is 0 Å². The first-order valence-corrected chi connectivity index (χ1v) is 10.6. The number of anilines is 1. The Morgan fingerprint density at radius 1 is 0.933 bits per heavy atom. The number of aromatic nitrogens is 3. The van der Waals surface area contributed by atoms with Crippen LogP contribution < -0.4 is 5.73 Å². The van der Waals surface area contributed by atoms with Gasteiger partial charge in [-0.25, -0.2) is 0 Å². The van der Waals surface area contributed by atoms with Crippen molar-refractivity contribution in [2.75, 3.05) is 5.73 Å². The first-order chi connectivity index (χ1) is 14.6. The topological polar surface area (TPSA) is 73.8 Å². The molecule has 0 unspecified atom stereocenters. The summed E-state index contributed by atoms with van der Waals surface area (Å²) in [6.45, 7) is 4.69. The van der Waals surface area contributed by atoms with Crippen LogP contribution in [0.4, 0.5) is 5.13 Å². The smallest absolute Gasteiger partial charge is 0.203 e. The molecule has 6 heteroatoms. The SMILES string of the molecule is CCn1c2ccccc2c2cc(C(C)=O)ccc21.Nc1nnc(-c2ccccc2)s1. The van der Waals surface area contributed by atoms with E-state index in [-0.39, 0.29) is 5.78 Å². The van der Waals surface area contributed by atoms with Gasteiger partial charge in [0.2, 0.25) is 5.13 Å². The van der Waals surface area contributed by atoms with Gasteiger partial charge in [-0.1, -0.05) is 59.9 Å². The van der Waals surface area contributed by atoms with Gasteiger partial charge < -0.3 is 10.3 Å². The zero-order chi connectivity index (χ0) is 21.1. The van der Waals surface area contributed by atoms with Gasteiger partial charge in [0, 0.05) is 39.5 Å². The summed E-state index contributed by atoms with van der Waals surface area (Å²) < 4.78 is 2.29. The van der Waals surface area contributed by atoms with Crippen LogP contribution in [0.3, 0.4) is 0 Å². The van der Waals surface area contributed by atoms with Crippen molar-refractivity contribution in [2.24, 2.45) is 0 Å². The Hall–Kier alpha value is -3.51. The molecule has 0 saturated carbocycles. The fourth-order valence-corrected chi connectivity index (χ4v) is 4.16. The summed E-state index contributed by atoms with van der Waals surface area (Å²) >= 11 is 1.40. The molecule has 0 aliphatic heterocycles. The summed E-state index contributed by atoms with van der Waals surface area (Å²) in [4.78, 5) is 11.5. The highest BCUT2D eigenvalue weighted by atomic mass is 32.1. The van der Waals surface area contributed by atoms with Crippen LogP contribution in [-0.2, 0) is 6.54 Å². The molecular weight excluding hydrogens is 392 g/mol. The Labute approximate surface area is 178 Å². The van der Waals surface area contributed by atoms with Gasteiger partial charge in [0.25, 0.3) is 0 Å². The van der Waals surface area contributed by atoms with E-state index >= 15 is 0 Å². The molecule has 0 fully saturated rings. The van der Waals surface area contributed by atoms with Gasteiger partial charge >= 0.3 is 0 Å². The lowest BCUT2D eigenvalue weighted by molar-refractivity contribution is 0.101. The zero-order valence-electron chi connectivity index (χ0n) is 16.9. The Bertz CT molecular complexity index is 1320. The van der Waals surface area contributed by atoms with Crippen LogP contribution >= 0.6 is 11.3 Å². The second kappa shape index (κ2) is 8.47. The maximum absolute atomic E-state index is 11.5. The molecule has 30 heavy (non-hydrogen) atoms. The molecule has 5 rings (SSSR count). The first-order valence-electron chi connectivity index (χ1n) is 9.74. The van der Waals surface area contributed by atoms with Crippen molar-refractivity contribution in [2.45, 2.75) is 20.4 Å². The van der Waals surface area contributed by atoms with Gasteiger partial charge in [-0.05, 0) is 38.1 Å². The van der Waals surface area contributed by atoms with Gasteiger partial charge in [-0.3, -0.25) is 4.79 Å². The average Bonchev–Trinajstić information content (AvgIpc) is 3.35. The lowest BCUT2D eigenvalue weighted by atomic mass is 10.1. The molecule has 5 aromatic rings. The minimum Gasteiger partial charge on any atom is -0.374 e. The van der Waals surface area contributed by atoms with Gasteiger partial charge in [0.15, 0.2) is 5.78 Å². The molecule has 0 bridgehead atoms. The molecule has 0 spiro atoms. The summed E-state index contributed by atoms with van der Waals surface area (Å²) in [5.41, 5.74) is 9.73. The minimum absolute atomic E-state index is 0.116. The second-order valence-corrected chi connectivity index (χ2v) is 7.87. The quantitative estimate of drug-likeness (QED) is 0.378. The number of nitrogens with two attached hydrogens (primary N) is 1. The number of para-hydroxylation sites is 1. The normalized spacial score (nSPS) is 10.7. The molecule has 3 aromatic carbocycles. The Balaban J connectivity index is 0.000000158. The van der Waals surface area contributed by atoms with E-state index in [1.807, 2.05) is 48.5 Å². The molecular formula is C24H22N4OS. The largest absolute Gasteiger partial charge is 0.374 e. The number of benzene rings is 3. The molecule has 0 saturated heterocycles. The van der Waals surface area contributed by atoms with E-state index in [4.69, 9.17) is 5.73 Å². The number of aryl methyl sites for hydroxylation is 1. The summed E-state index contributed by atoms with van der Waals surface area (Å²) in [5.74, 6) is 0.116. The molecule has 0 aliphatic carbocycles. The Kier molecular flexibility index (Phi) is 5.59. The van der Waals surface area contributed by atoms with E-state index in [9.17, 15) is 4.79 Å². The fourth-order valence-electron chi connectivity index (χ4n) is 3.55. The van der Waals surface area contributed by atoms with Crippen LogP contribution in [0.1, 0.15) is 24.2 Å². The van der Waals surface area contributed by atoms with Gasteiger partial charge in [-0.2, -0.15) is 0 Å². The van der Waals surface area contributed by atoms with E-state index in [2.05, 4.69) is 46.0 Å². The lowest BCUT2D eigenvalue weighted by Gasteiger charge is -2.02. The highest BCUT2D eigenvalue weighted by molar-refractivity contribution is 7.18. The number of ketones is 1. The highest BCUT2D eigenvalue weighted by Gasteiger charge is 2.10. The third kappa shape index (κ3) is 3.82. The number of Topliss-reactive ketones (excluding diaryl/α,β-unsaturated/α-hetero) is 1. The van der Waals surface area contributed by atoms with Crippen LogP contribution in [0.25, 0.3) is 32.4 Å². The van der Waals surface area contributed by atoms with Gasteiger partial charge in [0.05, 0.1) is 0 Å². The van der Waals surface area contributed by atoms with E-state index in [0.29, 0.717) is 5.13 Å². The maximum atomic E-state index is 11.5. The second-order valence-electron chi connectivity index (χ2n) is 6.86. The van der Waals surface area contributed by atoms with Crippen molar-refractivity contribution < 1.29 is 4.79 Å². The minimum atomic E-state index is 0.116. The van der Waals surface area contributed by atoms with E-state index < -0.39 is 0 Å². The summed E-state index contributed by atoms with van der Waals surface area (Å²) in [7, 11) is 0. The van der Waals surface area contributed by atoms with Gasteiger partial charge in [0.1, 0.15) is 5.01 Å². The number of fused-ring (bicyclic) bond motifs is 3. The molecule has 2 aromatic heterocycles. The molecule has 0 amide bonds. The number of carbonyl (C=O) groups is 1. The van der Waals surface area contributed by atoms with Crippen LogP contribution in [0.5, 0.6) is 0 Å². The molecule has 0 aliphatic rings. The van der Waals surface area contributed by atoms with E-state index in [1.165, 1.54) is 33.1 Å². The number of nitrogen functional groups attached to an aromatic ring is 1. The van der Waals surface area contributed by atoms with Crippen LogP contribution in [0, 0.1) is 0 Å². The molecule has 0 atom stereocenters. The van der Waals surface area contributed by atoms with Crippen molar-refractivity contribution in [3.05, 3.63) is 78.4 Å². The van der Waals surface area contributed by atoms with Crippen molar-refractivity contribution in [3.8, 4) is 10.6 Å². The van der Waals surface area contributed by atoms with Crippen LogP contribution in [0.15, 0.2) is 72.8 Å². The maximum Gasteiger partial charge on any atom is 0.203 e. The third-order valence-corrected chi connectivity index (χ3v) is 5.76. The molecule has 5 nitrogen and oxygen atoms in total. The van der Waals surface area contributed by atoms with Crippen molar-refractivity contribution in [1.82, 2.24) is 14.8 Å². The highest BCUT2D eigenvalue weighted by Crippen LogP contribution is 2.29. The summed E-state index contributed by atoms with van der Waals surface area (Å²) in [5, 5.41) is 11.4. The Morgan fingerprint density at radius 2 is 1.63 bits per heavy atom. The predicted octanol–water partition coefficient (Wildman–Crippen LogP) is 5.80. The third-order valence-electron chi connectivity index (χ3n) is 4.96. The number of nitrogens with zero attached hydrogens (tertiary/aromatic N) is 3. The van der Waals surface area contributed by atoms with E-state index in [0.717, 1.165) is 22.7 Å². The van der Waals surface area contributed by atoms with Crippen LogP contribution in [0.2, 0.25) is 0 Å². The van der Waals surface area contributed by atoms with Gasteiger partial charge in [-0.15, -0.1) is 10.2 Å². The fraction of sp³-hybridized carbons (Fsp3) is 0.125. The number of hydrogen-bond donors (Lipinski definition) is 1. The Morgan fingerprint density at radius 3 is 2.30 bits per heavy atom. The van der Waals surface area contributed by atoms with E-state index in [1.54, 1.807) is 6.92 Å². The molecule has 150 valence electrons.